The van der Waals surface area contributed by atoms with Crippen LogP contribution < -0.4 is 0 Å². The fraction of sp³-hybridized carbons (Fsp3) is 0. The molecule has 5 heterocycles. The zero-order chi connectivity index (χ0) is 29.5. The van der Waals surface area contributed by atoms with Gasteiger partial charge in [0, 0.05) is 38.8 Å². The van der Waals surface area contributed by atoms with Gasteiger partial charge < -0.3 is 9.13 Å². The highest BCUT2D eigenvalue weighted by molar-refractivity contribution is 6.11. The van der Waals surface area contributed by atoms with E-state index in [2.05, 4.69) is 147 Å². The van der Waals surface area contributed by atoms with Crippen LogP contribution in [0.4, 0.5) is 0 Å². The standard InChI is InChI=1S/C40H25N5/c1-5-14-33-28(10-1)29-11-2-6-15-34(29)43(33)26-19-21-37-32(24-26)40-38(18-9-23-41-40)44(37)27-20-22-39(42-25-27)45-35-16-7-3-12-30(35)31-13-4-8-17-36(31)45/h1-25H. The van der Waals surface area contributed by atoms with Crippen LogP contribution in [-0.2, 0) is 0 Å². The Kier molecular flexibility index (Phi) is 4.93. The Hall–Kier alpha value is -6.20. The van der Waals surface area contributed by atoms with Crippen LogP contribution in [-0.4, -0.2) is 23.7 Å². The summed E-state index contributed by atoms with van der Waals surface area (Å²) in [6, 6.07) is 49.5. The molecule has 0 aliphatic heterocycles. The average molecular weight is 576 g/mol. The summed E-state index contributed by atoms with van der Waals surface area (Å²) in [5, 5.41) is 6.07. The van der Waals surface area contributed by atoms with Gasteiger partial charge in [0.05, 0.1) is 50.5 Å². The molecule has 0 radical (unpaired) electrons. The highest BCUT2D eigenvalue weighted by Crippen LogP contribution is 2.37. The molecular weight excluding hydrogens is 550 g/mol. The van der Waals surface area contributed by atoms with E-state index in [1.807, 2.05) is 18.5 Å². The SMILES string of the molecule is c1ccc2c(c1)c1ccccc1n2-c1ccc2c(c1)c1ncccc1n2-c1ccc(-n2c3ccccc3c3ccccc32)nc1. The molecular formula is C40H25N5. The van der Waals surface area contributed by atoms with Crippen molar-refractivity contribution in [2.45, 2.75) is 0 Å². The molecule has 0 bridgehead atoms. The Bertz CT molecular complexity index is 2650. The smallest absolute Gasteiger partial charge is 0.137 e. The molecule has 0 N–H and O–H groups in total. The molecule has 0 saturated heterocycles. The van der Waals surface area contributed by atoms with E-state index in [1.54, 1.807) is 0 Å². The Morgan fingerprint density at radius 3 is 1.42 bits per heavy atom. The first-order chi connectivity index (χ1) is 22.3. The molecule has 5 aromatic heterocycles. The van der Waals surface area contributed by atoms with Crippen molar-refractivity contribution in [2.24, 2.45) is 0 Å². The quantitative estimate of drug-likeness (QED) is 0.210. The van der Waals surface area contributed by atoms with E-state index in [1.165, 1.54) is 32.6 Å². The molecule has 0 spiro atoms. The van der Waals surface area contributed by atoms with Crippen molar-refractivity contribution in [1.82, 2.24) is 23.7 Å². The van der Waals surface area contributed by atoms with Crippen LogP contribution in [0.15, 0.2) is 152 Å². The lowest BCUT2D eigenvalue weighted by atomic mass is 10.2. The number of aromatic nitrogens is 5. The van der Waals surface area contributed by atoms with Gasteiger partial charge in [-0.3, -0.25) is 9.55 Å². The van der Waals surface area contributed by atoms with Gasteiger partial charge in [0.2, 0.25) is 0 Å². The molecule has 45 heavy (non-hydrogen) atoms. The summed E-state index contributed by atoms with van der Waals surface area (Å²) < 4.78 is 6.88. The summed E-state index contributed by atoms with van der Waals surface area (Å²) in [6.45, 7) is 0. The van der Waals surface area contributed by atoms with E-state index in [4.69, 9.17) is 9.97 Å². The fourth-order valence-corrected chi connectivity index (χ4v) is 7.25. The van der Waals surface area contributed by atoms with Gasteiger partial charge in [-0.15, -0.1) is 0 Å². The Labute approximate surface area is 257 Å². The maximum Gasteiger partial charge on any atom is 0.137 e. The van der Waals surface area contributed by atoms with E-state index in [9.17, 15) is 0 Å². The molecule has 0 atom stereocenters. The summed E-state index contributed by atoms with van der Waals surface area (Å²) in [6.07, 6.45) is 3.86. The highest BCUT2D eigenvalue weighted by Gasteiger charge is 2.18. The third-order valence-corrected chi connectivity index (χ3v) is 9.14. The van der Waals surface area contributed by atoms with E-state index >= 15 is 0 Å². The first-order valence-electron chi connectivity index (χ1n) is 15.2. The molecule has 0 saturated carbocycles. The lowest BCUT2D eigenvalue weighted by Crippen LogP contribution is -2.00. The molecule has 10 rings (SSSR count). The molecule has 0 aliphatic rings. The summed E-state index contributed by atoms with van der Waals surface area (Å²) in [5.41, 5.74) is 9.93. The number of hydrogen-bond donors (Lipinski definition) is 0. The molecule has 0 fully saturated rings. The van der Waals surface area contributed by atoms with E-state index in [0.29, 0.717) is 0 Å². The van der Waals surface area contributed by atoms with Crippen LogP contribution in [0.25, 0.3) is 82.7 Å². The topological polar surface area (TPSA) is 40.6 Å². The molecule has 0 amide bonds. The molecule has 0 unspecified atom stereocenters. The fourth-order valence-electron chi connectivity index (χ4n) is 7.25. The number of nitrogens with zero attached hydrogens (tertiary/aromatic N) is 5. The minimum absolute atomic E-state index is 0.892. The molecule has 5 aromatic carbocycles. The number of pyridine rings is 2. The number of rotatable bonds is 3. The third kappa shape index (κ3) is 3.38. The first-order valence-corrected chi connectivity index (χ1v) is 15.2. The van der Waals surface area contributed by atoms with E-state index in [-0.39, 0.29) is 0 Å². The van der Waals surface area contributed by atoms with Crippen LogP contribution in [0.3, 0.4) is 0 Å². The second-order valence-corrected chi connectivity index (χ2v) is 11.5. The van der Waals surface area contributed by atoms with Gasteiger partial charge in [-0.05, 0) is 66.7 Å². The van der Waals surface area contributed by atoms with Crippen LogP contribution in [0.1, 0.15) is 0 Å². The van der Waals surface area contributed by atoms with Crippen LogP contribution in [0.5, 0.6) is 0 Å². The number of hydrogen-bond acceptors (Lipinski definition) is 2. The summed E-state index contributed by atoms with van der Waals surface area (Å²) in [7, 11) is 0. The molecule has 210 valence electrons. The van der Waals surface area contributed by atoms with Crippen molar-refractivity contribution in [2.75, 3.05) is 0 Å². The van der Waals surface area contributed by atoms with Crippen molar-refractivity contribution in [3.8, 4) is 17.2 Å². The Balaban J connectivity index is 1.17. The zero-order valence-corrected chi connectivity index (χ0v) is 24.2. The van der Waals surface area contributed by atoms with Crippen LogP contribution in [0, 0.1) is 0 Å². The predicted octanol–water partition coefficient (Wildman–Crippen LogP) is 9.77. The minimum Gasteiger partial charge on any atom is -0.309 e. The van der Waals surface area contributed by atoms with Gasteiger partial charge in [0.25, 0.3) is 0 Å². The summed E-state index contributed by atoms with van der Waals surface area (Å²) in [4.78, 5) is 9.91. The van der Waals surface area contributed by atoms with Crippen molar-refractivity contribution < 1.29 is 0 Å². The molecule has 10 aromatic rings. The van der Waals surface area contributed by atoms with E-state index < -0.39 is 0 Å². The maximum atomic E-state index is 5.04. The Morgan fingerprint density at radius 1 is 0.356 bits per heavy atom. The summed E-state index contributed by atoms with van der Waals surface area (Å²) >= 11 is 0. The third-order valence-electron chi connectivity index (χ3n) is 9.14. The maximum absolute atomic E-state index is 5.04. The monoisotopic (exact) mass is 575 g/mol. The molecule has 0 aliphatic carbocycles. The summed E-state index contributed by atoms with van der Waals surface area (Å²) in [5.74, 6) is 0.892. The van der Waals surface area contributed by atoms with E-state index in [0.717, 1.165) is 50.2 Å². The van der Waals surface area contributed by atoms with Gasteiger partial charge in [-0.25, -0.2) is 4.98 Å². The van der Waals surface area contributed by atoms with Gasteiger partial charge in [0.15, 0.2) is 0 Å². The van der Waals surface area contributed by atoms with Crippen molar-refractivity contribution >= 4 is 65.5 Å². The van der Waals surface area contributed by atoms with Gasteiger partial charge >= 0.3 is 0 Å². The van der Waals surface area contributed by atoms with Crippen LogP contribution >= 0.6 is 0 Å². The second-order valence-electron chi connectivity index (χ2n) is 11.5. The van der Waals surface area contributed by atoms with Crippen molar-refractivity contribution in [3.63, 3.8) is 0 Å². The van der Waals surface area contributed by atoms with Crippen molar-refractivity contribution in [3.05, 3.63) is 152 Å². The zero-order valence-electron chi connectivity index (χ0n) is 24.2. The van der Waals surface area contributed by atoms with Gasteiger partial charge in [0.1, 0.15) is 5.82 Å². The average Bonchev–Trinajstić information content (AvgIpc) is 3.74. The lowest BCUT2D eigenvalue weighted by molar-refractivity contribution is 1.05. The minimum atomic E-state index is 0.892. The van der Waals surface area contributed by atoms with Crippen molar-refractivity contribution in [1.29, 1.82) is 0 Å². The highest BCUT2D eigenvalue weighted by atomic mass is 15.1. The Morgan fingerprint density at radius 2 is 0.844 bits per heavy atom. The van der Waals surface area contributed by atoms with Gasteiger partial charge in [-0.2, -0.15) is 0 Å². The van der Waals surface area contributed by atoms with Gasteiger partial charge in [-0.1, -0.05) is 72.8 Å². The number of para-hydroxylation sites is 4. The lowest BCUT2D eigenvalue weighted by Gasteiger charge is -2.11. The first kappa shape index (κ1) is 24.3. The largest absolute Gasteiger partial charge is 0.309 e. The number of benzene rings is 5. The predicted molar refractivity (Wildman–Crippen MR) is 185 cm³/mol. The normalized spacial score (nSPS) is 12.0. The molecule has 5 nitrogen and oxygen atoms in total. The second kappa shape index (κ2) is 9.15. The number of fused-ring (bicyclic) bond motifs is 9. The van der Waals surface area contributed by atoms with Crippen LogP contribution in [0.2, 0.25) is 0 Å². The molecule has 5 heteroatoms.